The summed E-state index contributed by atoms with van der Waals surface area (Å²) in [5.41, 5.74) is 6.49. The minimum atomic E-state index is 0.282. The lowest BCUT2D eigenvalue weighted by Crippen LogP contribution is -2.34. The first kappa shape index (κ1) is 6.24. The fourth-order valence-electron chi connectivity index (χ4n) is 2.96. The molecular weight excluding hydrogens is 134 g/mol. The molecule has 3 aliphatic rings. The summed E-state index contributed by atoms with van der Waals surface area (Å²) < 4.78 is 0. The van der Waals surface area contributed by atoms with Crippen LogP contribution in [-0.4, -0.2) is 5.54 Å². The third kappa shape index (κ3) is 0.750. The first-order valence-electron chi connectivity index (χ1n) is 4.75. The van der Waals surface area contributed by atoms with Crippen molar-refractivity contribution in [3.05, 3.63) is 12.2 Å². The molecule has 2 bridgehead atoms. The van der Waals surface area contributed by atoms with E-state index in [0.29, 0.717) is 0 Å². The maximum absolute atomic E-state index is 6.20. The molecule has 1 heteroatoms. The molecule has 0 aromatic heterocycles. The van der Waals surface area contributed by atoms with Gasteiger partial charge in [-0.2, -0.15) is 0 Å². The maximum Gasteiger partial charge on any atom is 0.0190 e. The standard InChI is InChI=1S/C10H15N/c11-10(3-4-10)9-6-7-1-2-8(9)5-7/h1-2,7-9H,3-6,11H2. The summed E-state index contributed by atoms with van der Waals surface area (Å²) in [4.78, 5) is 0. The van der Waals surface area contributed by atoms with Gasteiger partial charge in [-0.3, -0.25) is 0 Å². The average Bonchev–Trinajstić information content (AvgIpc) is 2.52. The van der Waals surface area contributed by atoms with Gasteiger partial charge in [0.25, 0.3) is 0 Å². The largest absolute Gasteiger partial charge is 0.325 e. The number of hydrogen-bond donors (Lipinski definition) is 1. The maximum atomic E-state index is 6.20. The molecule has 0 aromatic rings. The number of rotatable bonds is 1. The summed E-state index contributed by atoms with van der Waals surface area (Å²) in [6.07, 6.45) is 10.2. The zero-order valence-corrected chi connectivity index (χ0v) is 6.79. The Hall–Kier alpha value is -0.300. The van der Waals surface area contributed by atoms with Crippen molar-refractivity contribution in [2.45, 2.75) is 31.2 Å². The summed E-state index contributed by atoms with van der Waals surface area (Å²) in [5, 5.41) is 0. The minimum absolute atomic E-state index is 0.282. The number of allylic oxidation sites excluding steroid dienone is 2. The molecular formula is C10H15N. The van der Waals surface area contributed by atoms with Crippen molar-refractivity contribution in [1.29, 1.82) is 0 Å². The first-order chi connectivity index (χ1) is 5.28. The monoisotopic (exact) mass is 149 g/mol. The molecule has 2 N–H and O–H groups in total. The van der Waals surface area contributed by atoms with E-state index in [1.165, 1.54) is 25.7 Å². The van der Waals surface area contributed by atoms with Crippen LogP contribution in [0.25, 0.3) is 0 Å². The van der Waals surface area contributed by atoms with Crippen LogP contribution in [-0.2, 0) is 0 Å². The van der Waals surface area contributed by atoms with Crippen LogP contribution in [0.2, 0.25) is 0 Å². The number of fused-ring (bicyclic) bond motifs is 2. The van der Waals surface area contributed by atoms with Crippen LogP contribution in [0.4, 0.5) is 0 Å². The zero-order chi connectivity index (χ0) is 7.47. The van der Waals surface area contributed by atoms with E-state index >= 15 is 0 Å². The fourth-order valence-corrected chi connectivity index (χ4v) is 2.96. The summed E-state index contributed by atoms with van der Waals surface area (Å²) >= 11 is 0. The van der Waals surface area contributed by atoms with Crippen LogP contribution in [0, 0.1) is 17.8 Å². The Morgan fingerprint density at radius 1 is 1.18 bits per heavy atom. The second-order valence-electron chi connectivity index (χ2n) is 4.62. The molecule has 0 radical (unpaired) electrons. The van der Waals surface area contributed by atoms with Gasteiger partial charge in [-0.25, -0.2) is 0 Å². The van der Waals surface area contributed by atoms with Crippen LogP contribution < -0.4 is 5.73 Å². The molecule has 3 rings (SSSR count). The topological polar surface area (TPSA) is 26.0 Å². The van der Waals surface area contributed by atoms with E-state index in [9.17, 15) is 0 Å². The van der Waals surface area contributed by atoms with Gasteiger partial charge in [0.05, 0.1) is 0 Å². The van der Waals surface area contributed by atoms with Gasteiger partial charge in [0, 0.05) is 5.54 Å². The molecule has 60 valence electrons. The Morgan fingerprint density at radius 3 is 2.45 bits per heavy atom. The van der Waals surface area contributed by atoms with Crippen molar-refractivity contribution in [2.75, 3.05) is 0 Å². The van der Waals surface area contributed by atoms with E-state index in [-0.39, 0.29) is 5.54 Å². The average molecular weight is 149 g/mol. The molecule has 0 aromatic carbocycles. The first-order valence-corrected chi connectivity index (χ1v) is 4.75. The lowest BCUT2D eigenvalue weighted by atomic mass is 9.85. The summed E-state index contributed by atoms with van der Waals surface area (Å²) in [7, 11) is 0. The van der Waals surface area contributed by atoms with E-state index in [1.807, 2.05) is 0 Å². The van der Waals surface area contributed by atoms with Crippen LogP contribution >= 0.6 is 0 Å². The Balaban J connectivity index is 1.86. The molecule has 0 amide bonds. The van der Waals surface area contributed by atoms with Crippen molar-refractivity contribution < 1.29 is 0 Å². The van der Waals surface area contributed by atoms with Gasteiger partial charge in [-0.15, -0.1) is 0 Å². The summed E-state index contributed by atoms with van der Waals surface area (Å²) in [5.74, 6) is 2.59. The van der Waals surface area contributed by atoms with E-state index in [2.05, 4.69) is 12.2 Å². The highest BCUT2D eigenvalue weighted by Crippen LogP contribution is 2.54. The highest BCUT2D eigenvalue weighted by molar-refractivity contribution is 5.18. The highest BCUT2D eigenvalue weighted by Gasteiger charge is 2.52. The minimum Gasteiger partial charge on any atom is -0.325 e. The van der Waals surface area contributed by atoms with Gasteiger partial charge >= 0.3 is 0 Å². The normalized spacial score (nSPS) is 50.1. The van der Waals surface area contributed by atoms with E-state index < -0.39 is 0 Å². The lowest BCUT2D eigenvalue weighted by Gasteiger charge is -2.24. The Labute approximate surface area is 67.7 Å². The second-order valence-corrected chi connectivity index (χ2v) is 4.62. The van der Waals surface area contributed by atoms with Crippen LogP contribution in [0.3, 0.4) is 0 Å². The number of hydrogen-bond acceptors (Lipinski definition) is 1. The molecule has 0 aliphatic heterocycles. The van der Waals surface area contributed by atoms with Gasteiger partial charge in [0.1, 0.15) is 0 Å². The lowest BCUT2D eigenvalue weighted by molar-refractivity contribution is 0.347. The molecule has 2 fully saturated rings. The molecule has 3 aliphatic carbocycles. The summed E-state index contributed by atoms with van der Waals surface area (Å²) in [6.45, 7) is 0. The molecule has 11 heavy (non-hydrogen) atoms. The van der Waals surface area contributed by atoms with Gasteiger partial charge in [-0.05, 0) is 43.4 Å². The predicted octanol–water partition coefficient (Wildman–Crippen LogP) is 1.69. The van der Waals surface area contributed by atoms with Gasteiger partial charge in [-0.1, -0.05) is 12.2 Å². The quantitative estimate of drug-likeness (QED) is 0.564. The SMILES string of the molecule is NC1(C2CC3C=CC2C3)CC1. The molecule has 3 atom stereocenters. The summed E-state index contributed by atoms with van der Waals surface area (Å²) in [6, 6.07) is 0. The molecule has 1 nitrogen and oxygen atoms in total. The predicted molar refractivity (Wildman–Crippen MR) is 45.0 cm³/mol. The van der Waals surface area contributed by atoms with E-state index in [1.54, 1.807) is 0 Å². The van der Waals surface area contributed by atoms with Crippen LogP contribution in [0.1, 0.15) is 25.7 Å². The van der Waals surface area contributed by atoms with Crippen LogP contribution in [0.5, 0.6) is 0 Å². The van der Waals surface area contributed by atoms with E-state index in [4.69, 9.17) is 5.73 Å². The van der Waals surface area contributed by atoms with Gasteiger partial charge < -0.3 is 5.73 Å². The van der Waals surface area contributed by atoms with Crippen molar-refractivity contribution in [3.63, 3.8) is 0 Å². The van der Waals surface area contributed by atoms with Gasteiger partial charge in [0.15, 0.2) is 0 Å². The van der Waals surface area contributed by atoms with Crippen molar-refractivity contribution in [2.24, 2.45) is 23.5 Å². The molecule has 0 saturated heterocycles. The molecule has 2 saturated carbocycles. The smallest absolute Gasteiger partial charge is 0.0190 e. The number of nitrogens with two attached hydrogens (primary N) is 1. The van der Waals surface area contributed by atoms with Crippen molar-refractivity contribution in [1.82, 2.24) is 0 Å². The third-order valence-corrected chi connectivity index (χ3v) is 3.84. The highest BCUT2D eigenvalue weighted by atomic mass is 14.8. The van der Waals surface area contributed by atoms with Crippen LogP contribution in [0.15, 0.2) is 12.2 Å². The van der Waals surface area contributed by atoms with E-state index in [0.717, 1.165) is 17.8 Å². The van der Waals surface area contributed by atoms with Crippen molar-refractivity contribution >= 4 is 0 Å². The zero-order valence-electron chi connectivity index (χ0n) is 6.79. The molecule has 0 heterocycles. The molecule has 3 unspecified atom stereocenters. The molecule has 0 spiro atoms. The van der Waals surface area contributed by atoms with Crippen molar-refractivity contribution in [3.8, 4) is 0 Å². The fraction of sp³-hybridized carbons (Fsp3) is 0.800. The van der Waals surface area contributed by atoms with Gasteiger partial charge in [0.2, 0.25) is 0 Å². The Bertz CT molecular complexity index is 215. The second kappa shape index (κ2) is 1.71. The third-order valence-electron chi connectivity index (χ3n) is 3.84. The Kier molecular flexibility index (Phi) is 0.972. The Morgan fingerprint density at radius 2 is 2.00 bits per heavy atom.